The lowest BCUT2D eigenvalue weighted by Gasteiger charge is -2.18. The maximum Gasteiger partial charge on any atom is 0.255 e. The number of nitrogens with two attached hydrogens (primary N) is 1. The Kier molecular flexibility index (Phi) is 5.49. The number of rotatable bonds is 6. The molecule has 4 heteroatoms. The number of nitrogens with zero attached hydrogens (tertiary/aromatic N) is 1. The van der Waals surface area contributed by atoms with Crippen LogP contribution in [0.15, 0.2) is 24.3 Å². The molecule has 0 bridgehead atoms. The van der Waals surface area contributed by atoms with E-state index >= 15 is 0 Å². The molecule has 1 aromatic rings. The van der Waals surface area contributed by atoms with Crippen LogP contribution in [0.5, 0.6) is 0 Å². The van der Waals surface area contributed by atoms with E-state index in [0.717, 1.165) is 6.42 Å². The van der Waals surface area contributed by atoms with Crippen molar-refractivity contribution in [3.05, 3.63) is 29.8 Å². The summed E-state index contributed by atoms with van der Waals surface area (Å²) in [5.74, 6) is -0.0420. The molecule has 0 saturated heterocycles. The Morgan fingerprint density at radius 3 is 2.76 bits per heavy atom. The summed E-state index contributed by atoms with van der Waals surface area (Å²) in [4.78, 5) is 13.7. The van der Waals surface area contributed by atoms with Crippen LogP contribution in [-0.2, 0) is 4.74 Å². The average molecular weight is 236 g/mol. The third kappa shape index (κ3) is 4.07. The van der Waals surface area contributed by atoms with E-state index in [4.69, 9.17) is 10.5 Å². The van der Waals surface area contributed by atoms with Crippen LogP contribution in [-0.4, -0.2) is 37.6 Å². The van der Waals surface area contributed by atoms with E-state index in [1.807, 2.05) is 19.1 Å². The van der Waals surface area contributed by atoms with Gasteiger partial charge in [0.15, 0.2) is 0 Å². The van der Waals surface area contributed by atoms with Crippen molar-refractivity contribution in [2.24, 2.45) is 0 Å². The first-order valence-corrected chi connectivity index (χ1v) is 5.84. The van der Waals surface area contributed by atoms with E-state index in [-0.39, 0.29) is 5.91 Å². The zero-order valence-corrected chi connectivity index (χ0v) is 10.5. The summed E-state index contributed by atoms with van der Waals surface area (Å²) in [7, 11) is 1.78. The van der Waals surface area contributed by atoms with Crippen molar-refractivity contribution in [3.63, 3.8) is 0 Å². The summed E-state index contributed by atoms with van der Waals surface area (Å²) >= 11 is 0. The molecule has 1 rings (SSSR count). The van der Waals surface area contributed by atoms with Crippen molar-refractivity contribution < 1.29 is 9.53 Å². The van der Waals surface area contributed by atoms with Gasteiger partial charge in [0, 0.05) is 32.5 Å². The van der Waals surface area contributed by atoms with Crippen molar-refractivity contribution in [2.75, 3.05) is 32.5 Å². The lowest BCUT2D eigenvalue weighted by atomic mass is 10.1. The van der Waals surface area contributed by atoms with Gasteiger partial charge in [-0.2, -0.15) is 0 Å². The molecule has 0 spiro atoms. The molecule has 0 heterocycles. The Morgan fingerprint density at radius 1 is 1.41 bits per heavy atom. The van der Waals surface area contributed by atoms with Gasteiger partial charge in [0.1, 0.15) is 0 Å². The van der Waals surface area contributed by atoms with Gasteiger partial charge in [-0.25, -0.2) is 0 Å². The van der Waals surface area contributed by atoms with Crippen molar-refractivity contribution >= 4 is 11.6 Å². The molecule has 0 saturated carbocycles. The molecule has 0 atom stereocenters. The normalized spacial score (nSPS) is 10.2. The molecule has 0 aliphatic heterocycles. The Morgan fingerprint density at radius 2 is 2.12 bits per heavy atom. The minimum absolute atomic E-state index is 0.0420. The molecule has 1 aromatic carbocycles. The van der Waals surface area contributed by atoms with Gasteiger partial charge in [-0.05, 0) is 25.5 Å². The minimum Gasteiger partial charge on any atom is -0.398 e. The molecule has 4 nitrogen and oxygen atoms in total. The van der Waals surface area contributed by atoms with Crippen molar-refractivity contribution in [1.82, 2.24) is 4.90 Å². The summed E-state index contributed by atoms with van der Waals surface area (Å²) in [5.41, 5.74) is 6.85. The van der Waals surface area contributed by atoms with Gasteiger partial charge < -0.3 is 15.4 Å². The average Bonchev–Trinajstić information content (AvgIpc) is 2.34. The summed E-state index contributed by atoms with van der Waals surface area (Å²) < 4.78 is 5.23. The second kappa shape index (κ2) is 6.91. The smallest absolute Gasteiger partial charge is 0.255 e. The predicted molar refractivity (Wildman–Crippen MR) is 68.9 cm³/mol. The number of hydrogen-bond donors (Lipinski definition) is 1. The summed E-state index contributed by atoms with van der Waals surface area (Å²) in [6.07, 6.45) is 0.836. The number of para-hydroxylation sites is 1. The molecule has 0 fully saturated rings. The fraction of sp³-hybridized carbons (Fsp3) is 0.462. The highest BCUT2D eigenvalue weighted by Crippen LogP contribution is 2.12. The fourth-order valence-electron chi connectivity index (χ4n) is 1.55. The van der Waals surface area contributed by atoms with Crippen molar-refractivity contribution in [2.45, 2.75) is 13.3 Å². The molecule has 0 unspecified atom stereocenters. The summed E-state index contributed by atoms with van der Waals surface area (Å²) in [6.45, 7) is 4.02. The van der Waals surface area contributed by atoms with Gasteiger partial charge in [0.2, 0.25) is 0 Å². The predicted octanol–water partition coefficient (Wildman–Crippen LogP) is 1.77. The number of anilines is 1. The standard InChI is InChI=1S/C13H20N2O2/c1-3-17-10-6-9-15(2)13(16)11-7-4-5-8-12(11)14/h4-5,7-8H,3,6,9-10,14H2,1-2H3. The molecule has 0 radical (unpaired) electrons. The fourth-order valence-corrected chi connectivity index (χ4v) is 1.55. The molecule has 2 N–H and O–H groups in total. The largest absolute Gasteiger partial charge is 0.398 e. The molecule has 0 aliphatic carbocycles. The van der Waals surface area contributed by atoms with Crippen LogP contribution >= 0.6 is 0 Å². The summed E-state index contributed by atoms with van der Waals surface area (Å²) in [6, 6.07) is 7.12. The van der Waals surface area contributed by atoms with Gasteiger partial charge >= 0.3 is 0 Å². The van der Waals surface area contributed by atoms with Crippen LogP contribution in [0.25, 0.3) is 0 Å². The monoisotopic (exact) mass is 236 g/mol. The second-order valence-corrected chi connectivity index (χ2v) is 3.86. The third-order valence-corrected chi connectivity index (χ3v) is 2.52. The highest BCUT2D eigenvalue weighted by atomic mass is 16.5. The van der Waals surface area contributed by atoms with E-state index < -0.39 is 0 Å². The second-order valence-electron chi connectivity index (χ2n) is 3.86. The molecule has 0 aromatic heterocycles. The van der Waals surface area contributed by atoms with Crippen LogP contribution in [0.3, 0.4) is 0 Å². The van der Waals surface area contributed by atoms with Gasteiger partial charge in [-0.1, -0.05) is 12.1 Å². The van der Waals surface area contributed by atoms with Gasteiger partial charge in [0.05, 0.1) is 5.56 Å². The Balaban J connectivity index is 2.49. The maximum absolute atomic E-state index is 12.0. The van der Waals surface area contributed by atoms with Crippen LogP contribution < -0.4 is 5.73 Å². The SMILES string of the molecule is CCOCCCN(C)C(=O)c1ccccc1N. The number of nitrogen functional groups attached to an aromatic ring is 1. The van der Waals surface area contributed by atoms with Crippen LogP contribution in [0, 0.1) is 0 Å². The van der Waals surface area contributed by atoms with E-state index in [1.165, 1.54) is 0 Å². The summed E-state index contributed by atoms with van der Waals surface area (Å²) in [5, 5.41) is 0. The number of carbonyl (C=O) groups excluding carboxylic acids is 1. The van der Waals surface area contributed by atoms with Gasteiger partial charge in [-0.3, -0.25) is 4.79 Å². The lowest BCUT2D eigenvalue weighted by molar-refractivity contribution is 0.0770. The van der Waals surface area contributed by atoms with E-state index in [1.54, 1.807) is 24.1 Å². The third-order valence-electron chi connectivity index (χ3n) is 2.52. The Hall–Kier alpha value is -1.55. The van der Waals surface area contributed by atoms with Crippen molar-refractivity contribution in [3.8, 4) is 0 Å². The topological polar surface area (TPSA) is 55.6 Å². The molecular weight excluding hydrogens is 216 g/mol. The quantitative estimate of drug-likeness (QED) is 0.605. The van der Waals surface area contributed by atoms with E-state index in [2.05, 4.69) is 0 Å². The zero-order valence-electron chi connectivity index (χ0n) is 10.5. The van der Waals surface area contributed by atoms with Crippen LogP contribution in [0.1, 0.15) is 23.7 Å². The Labute approximate surface area is 102 Å². The molecule has 1 amide bonds. The Bertz CT molecular complexity index is 366. The number of carbonyl (C=O) groups is 1. The van der Waals surface area contributed by atoms with E-state index in [0.29, 0.717) is 31.0 Å². The molecule has 17 heavy (non-hydrogen) atoms. The first kappa shape index (κ1) is 13.5. The van der Waals surface area contributed by atoms with Gasteiger partial charge in [0.25, 0.3) is 5.91 Å². The number of benzene rings is 1. The molecule has 94 valence electrons. The van der Waals surface area contributed by atoms with Gasteiger partial charge in [-0.15, -0.1) is 0 Å². The number of hydrogen-bond acceptors (Lipinski definition) is 3. The number of ether oxygens (including phenoxy) is 1. The first-order valence-electron chi connectivity index (χ1n) is 5.84. The van der Waals surface area contributed by atoms with Crippen LogP contribution in [0.2, 0.25) is 0 Å². The lowest BCUT2D eigenvalue weighted by Crippen LogP contribution is -2.29. The highest BCUT2D eigenvalue weighted by Gasteiger charge is 2.13. The first-order chi connectivity index (χ1) is 8.16. The minimum atomic E-state index is -0.0420. The van der Waals surface area contributed by atoms with Crippen molar-refractivity contribution in [1.29, 1.82) is 0 Å². The zero-order chi connectivity index (χ0) is 12.7. The molecular formula is C13H20N2O2. The maximum atomic E-state index is 12.0. The van der Waals surface area contributed by atoms with Crippen LogP contribution in [0.4, 0.5) is 5.69 Å². The van der Waals surface area contributed by atoms with E-state index in [9.17, 15) is 4.79 Å². The highest BCUT2D eigenvalue weighted by molar-refractivity contribution is 5.98. The molecule has 0 aliphatic rings. The number of amides is 1.